The van der Waals surface area contributed by atoms with Crippen LogP contribution in [0, 0.1) is 0 Å². The van der Waals surface area contributed by atoms with E-state index in [1.54, 1.807) is 24.1 Å². The molecule has 1 aromatic heterocycles. The maximum atomic E-state index is 11.7. The SMILES string of the molecule is Cn1cc(C(=O)NC2CCCNC2)cn1. The third-order valence-electron chi connectivity index (χ3n) is 2.60. The molecule has 1 amide bonds. The topological polar surface area (TPSA) is 59.0 Å². The number of hydrogen-bond donors (Lipinski definition) is 2. The number of nitrogens with zero attached hydrogens (tertiary/aromatic N) is 2. The van der Waals surface area contributed by atoms with Crippen molar-refractivity contribution >= 4 is 5.91 Å². The third-order valence-corrected chi connectivity index (χ3v) is 2.60. The van der Waals surface area contributed by atoms with Gasteiger partial charge in [-0.15, -0.1) is 0 Å². The summed E-state index contributed by atoms with van der Waals surface area (Å²) in [5.74, 6) is -0.0307. The summed E-state index contributed by atoms with van der Waals surface area (Å²) < 4.78 is 1.63. The summed E-state index contributed by atoms with van der Waals surface area (Å²) in [5, 5.41) is 10.2. The molecule has 2 heterocycles. The molecule has 1 saturated heterocycles. The van der Waals surface area contributed by atoms with Crippen LogP contribution in [-0.4, -0.2) is 34.8 Å². The molecular formula is C10H16N4O. The number of piperidine rings is 1. The van der Waals surface area contributed by atoms with Crippen LogP contribution in [-0.2, 0) is 7.05 Å². The predicted octanol–water partition coefficient (Wildman–Crippen LogP) is -0.0981. The number of aromatic nitrogens is 2. The van der Waals surface area contributed by atoms with Gasteiger partial charge in [0.05, 0.1) is 11.8 Å². The normalized spacial score (nSPS) is 21.3. The Hall–Kier alpha value is -1.36. The predicted molar refractivity (Wildman–Crippen MR) is 56.6 cm³/mol. The van der Waals surface area contributed by atoms with E-state index in [2.05, 4.69) is 15.7 Å². The first kappa shape index (κ1) is 10.2. The smallest absolute Gasteiger partial charge is 0.254 e. The number of hydrogen-bond acceptors (Lipinski definition) is 3. The first-order valence-electron chi connectivity index (χ1n) is 5.26. The summed E-state index contributed by atoms with van der Waals surface area (Å²) >= 11 is 0. The summed E-state index contributed by atoms with van der Waals surface area (Å²) in [7, 11) is 1.80. The molecule has 1 fully saturated rings. The van der Waals surface area contributed by atoms with Crippen LogP contribution < -0.4 is 10.6 Å². The number of nitrogens with one attached hydrogen (secondary N) is 2. The van der Waals surface area contributed by atoms with Gasteiger partial charge in [0.15, 0.2) is 0 Å². The van der Waals surface area contributed by atoms with Crippen LogP contribution in [0.5, 0.6) is 0 Å². The first-order chi connectivity index (χ1) is 7.25. The standard InChI is InChI=1S/C10H16N4O/c1-14-7-8(5-12-14)10(15)13-9-3-2-4-11-6-9/h5,7,9,11H,2-4,6H2,1H3,(H,13,15). The second-order valence-electron chi connectivity index (χ2n) is 3.92. The lowest BCUT2D eigenvalue weighted by atomic mass is 10.1. The van der Waals surface area contributed by atoms with Crippen molar-refractivity contribution in [2.24, 2.45) is 7.05 Å². The Morgan fingerprint density at radius 1 is 1.73 bits per heavy atom. The zero-order valence-electron chi connectivity index (χ0n) is 8.86. The van der Waals surface area contributed by atoms with E-state index in [9.17, 15) is 4.79 Å². The molecule has 1 atom stereocenters. The van der Waals surface area contributed by atoms with E-state index in [4.69, 9.17) is 0 Å². The molecule has 15 heavy (non-hydrogen) atoms. The highest BCUT2D eigenvalue weighted by Crippen LogP contribution is 2.03. The summed E-state index contributed by atoms with van der Waals surface area (Å²) in [4.78, 5) is 11.7. The van der Waals surface area contributed by atoms with E-state index in [0.717, 1.165) is 25.9 Å². The lowest BCUT2D eigenvalue weighted by molar-refractivity contribution is 0.0930. The monoisotopic (exact) mass is 208 g/mol. The van der Waals surface area contributed by atoms with Gasteiger partial charge in [0.25, 0.3) is 5.91 Å². The average Bonchev–Trinajstić information content (AvgIpc) is 2.66. The van der Waals surface area contributed by atoms with Gasteiger partial charge in [-0.25, -0.2) is 0 Å². The van der Waals surface area contributed by atoms with Gasteiger partial charge < -0.3 is 10.6 Å². The van der Waals surface area contributed by atoms with Crippen LogP contribution in [0.15, 0.2) is 12.4 Å². The summed E-state index contributed by atoms with van der Waals surface area (Å²) in [6.07, 6.45) is 5.49. The molecule has 2 N–H and O–H groups in total. The quantitative estimate of drug-likeness (QED) is 0.713. The molecule has 1 unspecified atom stereocenters. The molecular weight excluding hydrogens is 192 g/mol. The van der Waals surface area contributed by atoms with Crippen LogP contribution in [0.4, 0.5) is 0 Å². The molecule has 0 bridgehead atoms. The molecule has 5 heteroatoms. The molecule has 1 aliphatic heterocycles. The Bertz CT molecular complexity index is 341. The lowest BCUT2D eigenvalue weighted by Crippen LogP contribution is -2.45. The molecule has 2 rings (SSSR count). The molecule has 82 valence electrons. The van der Waals surface area contributed by atoms with Crippen molar-refractivity contribution in [1.29, 1.82) is 0 Å². The van der Waals surface area contributed by atoms with Gasteiger partial charge in [-0.05, 0) is 19.4 Å². The zero-order valence-corrected chi connectivity index (χ0v) is 8.86. The van der Waals surface area contributed by atoms with Gasteiger partial charge in [-0.1, -0.05) is 0 Å². The van der Waals surface area contributed by atoms with Crippen molar-refractivity contribution in [1.82, 2.24) is 20.4 Å². The Morgan fingerprint density at radius 3 is 3.20 bits per heavy atom. The van der Waals surface area contributed by atoms with Crippen molar-refractivity contribution < 1.29 is 4.79 Å². The summed E-state index contributed by atoms with van der Waals surface area (Å²) in [6.45, 7) is 1.92. The number of rotatable bonds is 2. The van der Waals surface area contributed by atoms with Crippen molar-refractivity contribution in [2.45, 2.75) is 18.9 Å². The first-order valence-corrected chi connectivity index (χ1v) is 5.26. The summed E-state index contributed by atoms with van der Waals surface area (Å²) in [5.41, 5.74) is 0.628. The highest BCUT2D eigenvalue weighted by molar-refractivity contribution is 5.93. The van der Waals surface area contributed by atoms with Crippen molar-refractivity contribution in [3.8, 4) is 0 Å². The number of carbonyl (C=O) groups is 1. The summed E-state index contributed by atoms with van der Waals surface area (Å²) in [6, 6.07) is 0.256. The van der Waals surface area contributed by atoms with Crippen LogP contribution in [0.2, 0.25) is 0 Å². The van der Waals surface area contributed by atoms with E-state index < -0.39 is 0 Å². The maximum Gasteiger partial charge on any atom is 0.254 e. The number of carbonyl (C=O) groups excluding carboxylic acids is 1. The van der Waals surface area contributed by atoms with E-state index in [1.165, 1.54) is 0 Å². The molecule has 0 aromatic carbocycles. The van der Waals surface area contributed by atoms with Crippen molar-refractivity contribution in [2.75, 3.05) is 13.1 Å². The fourth-order valence-electron chi connectivity index (χ4n) is 1.78. The van der Waals surface area contributed by atoms with Crippen LogP contribution in [0.25, 0.3) is 0 Å². The van der Waals surface area contributed by atoms with E-state index in [-0.39, 0.29) is 11.9 Å². The molecule has 5 nitrogen and oxygen atoms in total. The van der Waals surface area contributed by atoms with E-state index in [0.29, 0.717) is 5.56 Å². The second-order valence-corrected chi connectivity index (χ2v) is 3.92. The number of amides is 1. The average molecular weight is 208 g/mol. The minimum atomic E-state index is -0.0307. The zero-order chi connectivity index (χ0) is 10.7. The van der Waals surface area contributed by atoms with Crippen molar-refractivity contribution in [3.63, 3.8) is 0 Å². The van der Waals surface area contributed by atoms with Crippen LogP contribution >= 0.6 is 0 Å². The van der Waals surface area contributed by atoms with Gasteiger partial charge in [-0.2, -0.15) is 5.10 Å². The highest BCUT2D eigenvalue weighted by atomic mass is 16.1. The molecule has 1 aliphatic rings. The van der Waals surface area contributed by atoms with E-state index >= 15 is 0 Å². The van der Waals surface area contributed by atoms with Crippen LogP contribution in [0.1, 0.15) is 23.2 Å². The minimum absolute atomic E-state index is 0.0307. The molecule has 0 spiro atoms. The lowest BCUT2D eigenvalue weighted by Gasteiger charge is -2.23. The van der Waals surface area contributed by atoms with Crippen molar-refractivity contribution in [3.05, 3.63) is 18.0 Å². The maximum absolute atomic E-state index is 11.7. The van der Waals surface area contributed by atoms with Gasteiger partial charge in [0.2, 0.25) is 0 Å². The molecule has 0 aliphatic carbocycles. The molecule has 1 aromatic rings. The van der Waals surface area contributed by atoms with Gasteiger partial charge in [0.1, 0.15) is 0 Å². The minimum Gasteiger partial charge on any atom is -0.348 e. The Kier molecular flexibility index (Phi) is 3.01. The molecule has 0 saturated carbocycles. The van der Waals surface area contributed by atoms with E-state index in [1.807, 2.05) is 0 Å². The molecule has 0 radical (unpaired) electrons. The second kappa shape index (κ2) is 4.44. The fourth-order valence-corrected chi connectivity index (χ4v) is 1.78. The highest BCUT2D eigenvalue weighted by Gasteiger charge is 2.16. The van der Waals surface area contributed by atoms with Gasteiger partial charge in [-0.3, -0.25) is 9.48 Å². The van der Waals surface area contributed by atoms with Gasteiger partial charge in [0, 0.05) is 25.8 Å². The van der Waals surface area contributed by atoms with Crippen LogP contribution in [0.3, 0.4) is 0 Å². The Balaban J connectivity index is 1.91. The fraction of sp³-hybridized carbons (Fsp3) is 0.600. The largest absolute Gasteiger partial charge is 0.348 e. The third kappa shape index (κ3) is 2.56. The number of aryl methyl sites for hydroxylation is 1. The Morgan fingerprint density at radius 2 is 2.60 bits per heavy atom. The Labute approximate surface area is 88.8 Å². The van der Waals surface area contributed by atoms with Gasteiger partial charge >= 0.3 is 0 Å².